The van der Waals surface area contributed by atoms with E-state index in [-0.39, 0.29) is 27.6 Å². The monoisotopic (exact) mass is 510 g/mol. The third-order valence-corrected chi connectivity index (χ3v) is 8.58. The Morgan fingerprint density at radius 3 is 2.69 bits per heavy atom. The number of carbonyl (C=O) groups excluding carboxylic acids is 1. The van der Waals surface area contributed by atoms with Gasteiger partial charge in [0.15, 0.2) is 5.82 Å². The first-order chi connectivity index (χ1) is 16.9. The molecule has 1 amide bonds. The maximum atomic E-state index is 15.7. The zero-order valence-corrected chi connectivity index (χ0v) is 20.3. The van der Waals surface area contributed by atoms with Crippen LogP contribution in [-0.2, 0) is 4.79 Å². The quantitative estimate of drug-likeness (QED) is 0.314. The predicted molar refractivity (Wildman–Crippen MR) is 136 cm³/mol. The molecule has 0 aliphatic carbocycles. The van der Waals surface area contributed by atoms with Crippen LogP contribution >= 0.6 is 23.1 Å². The second-order valence-electron chi connectivity index (χ2n) is 9.32. The van der Waals surface area contributed by atoms with Gasteiger partial charge >= 0.3 is 0 Å². The van der Waals surface area contributed by atoms with Gasteiger partial charge in [-0.3, -0.25) is 9.78 Å². The molecule has 5 nitrogen and oxygen atoms in total. The van der Waals surface area contributed by atoms with Gasteiger partial charge < -0.3 is 9.80 Å². The van der Waals surface area contributed by atoms with Crippen LogP contribution in [0.3, 0.4) is 0 Å². The Hall–Kier alpha value is -3.10. The van der Waals surface area contributed by atoms with Gasteiger partial charge in [0, 0.05) is 48.7 Å². The van der Waals surface area contributed by atoms with Crippen molar-refractivity contribution in [3.05, 3.63) is 65.8 Å². The molecule has 4 aromatic rings. The maximum absolute atomic E-state index is 15.7. The summed E-state index contributed by atoms with van der Waals surface area (Å²) in [5, 5.41) is 2.65. The van der Waals surface area contributed by atoms with Crippen LogP contribution in [0.5, 0.6) is 0 Å². The van der Waals surface area contributed by atoms with E-state index in [1.54, 1.807) is 30.5 Å². The van der Waals surface area contributed by atoms with Crippen molar-refractivity contribution in [3.8, 4) is 11.3 Å². The molecule has 9 heteroatoms. The topological polar surface area (TPSA) is 49.3 Å². The molecule has 35 heavy (non-hydrogen) atoms. The van der Waals surface area contributed by atoms with Gasteiger partial charge in [0.05, 0.1) is 10.4 Å². The summed E-state index contributed by atoms with van der Waals surface area (Å²) < 4.78 is 34.3. The number of amides is 1. The smallest absolute Gasteiger partial charge is 0.245 e. The van der Waals surface area contributed by atoms with Crippen molar-refractivity contribution >= 4 is 55.7 Å². The van der Waals surface area contributed by atoms with Gasteiger partial charge in [0.1, 0.15) is 22.0 Å². The number of anilines is 1. The van der Waals surface area contributed by atoms with Crippen LogP contribution < -0.4 is 4.90 Å². The molecule has 1 spiro atoms. The molecule has 2 saturated heterocycles. The Labute approximate surface area is 209 Å². The van der Waals surface area contributed by atoms with E-state index in [9.17, 15) is 9.18 Å². The lowest BCUT2D eigenvalue weighted by molar-refractivity contribution is -0.139. The van der Waals surface area contributed by atoms with Crippen molar-refractivity contribution in [1.82, 2.24) is 14.3 Å². The highest BCUT2D eigenvalue weighted by molar-refractivity contribution is 7.11. The van der Waals surface area contributed by atoms with E-state index < -0.39 is 11.6 Å². The fourth-order valence-corrected chi connectivity index (χ4v) is 6.51. The number of halogens is 3. The zero-order chi connectivity index (χ0) is 24.3. The summed E-state index contributed by atoms with van der Waals surface area (Å²) in [6, 6.07) is 8.20. The average Bonchev–Trinajstić information content (AvgIpc) is 3.29. The fourth-order valence-electron chi connectivity index (χ4n) is 5.33. The second kappa shape index (κ2) is 8.24. The van der Waals surface area contributed by atoms with Crippen molar-refractivity contribution in [2.45, 2.75) is 12.8 Å². The van der Waals surface area contributed by atoms with Gasteiger partial charge in [-0.05, 0) is 41.9 Å². The predicted octanol–water partition coefficient (Wildman–Crippen LogP) is 6.06. The minimum Gasteiger partial charge on any atom is -0.362 e. The highest BCUT2D eigenvalue weighted by atomic mass is 35.5. The number of fused-ring (bicyclic) bond motifs is 2. The molecule has 2 aromatic carbocycles. The van der Waals surface area contributed by atoms with E-state index in [1.807, 2.05) is 4.90 Å². The summed E-state index contributed by atoms with van der Waals surface area (Å²) in [5.41, 5.74) is 0.956. The van der Waals surface area contributed by atoms with Crippen molar-refractivity contribution in [1.29, 1.82) is 0 Å². The number of piperidine rings is 1. The maximum Gasteiger partial charge on any atom is 0.245 e. The summed E-state index contributed by atoms with van der Waals surface area (Å²) in [6.07, 6.45) is 4.93. The van der Waals surface area contributed by atoms with Crippen LogP contribution in [0.4, 0.5) is 13.8 Å². The molecule has 2 aliphatic heterocycles. The molecular formula is C26H21ClF2N4OS. The van der Waals surface area contributed by atoms with Crippen LogP contribution in [0.25, 0.3) is 32.9 Å². The molecule has 178 valence electrons. The van der Waals surface area contributed by atoms with Crippen molar-refractivity contribution in [3.63, 3.8) is 0 Å². The molecule has 2 fully saturated rings. The number of benzene rings is 2. The van der Waals surface area contributed by atoms with Crippen LogP contribution in [0.15, 0.2) is 49.2 Å². The fraction of sp³-hybridized carbons (Fsp3) is 0.269. The molecule has 4 heterocycles. The molecule has 0 saturated carbocycles. The Bertz CT molecular complexity index is 1500. The van der Waals surface area contributed by atoms with Crippen molar-refractivity contribution < 1.29 is 13.6 Å². The first kappa shape index (κ1) is 22.4. The molecule has 2 aromatic heterocycles. The van der Waals surface area contributed by atoms with Gasteiger partial charge in [-0.15, -0.1) is 0 Å². The molecule has 2 aliphatic rings. The Morgan fingerprint density at radius 1 is 1.17 bits per heavy atom. The van der Waals surface area contributed by atoms with Crippen LogP contribution in [0, 0.1) is 17.0 Å². The minimum absolute atomic E-state index is 0.0147. The number of pyridine rings is 1. The number of likely N-dealkylation sites (tertiary alicyclic amines) is 1. The summed E-state index contributed by atoms with van der Waals surface area (Å²) in [5.74, 6) is -1.11. The van der Waals surface area contributed by atoms with Crippen LogP contribution in [0.2, 0.25) is 5.02 Å². The van der Waals surface area contributed by atoms with Crippen LogP contribution in [-0.4, -0.2) is 46.3 Å². The first-order valence-electron chi connectivity index (χ1n) is 11.4. The lowest BCUT2D eigenvalue weighted by Gasteiger charge is -2.53. The third-order valence-electron chi connectivity index (χ3n) is 7.29. The molecule has 0 N–H and O–H groups in total. The highest BCUT2D eigenvalue weighted by Crippen LogP contribution is 2.44. The highest BCUT2D eigenvalue weighted by Gasteiger charge is 2.46. The Kier molecular flexibility index (Phi) is 5.27. The van der Waals surface area contributed by atoms with Gasteiger partial charge in [-0.25, -0.2) is 8.78 Å². The molecular weight excluding hydrogens is 490 g/mol. The SMILES string of the molecule is C=CC(=O)N1CC2(CCN(c3snc4c(F)c(-c5cccc6ccc(F)c(Cl)c56)ncc34)CC2)C1. The van der Waals surface area contributed by atoms with Crippen LogP contribution in [0.1, 0.15) is 12.8 Å². The van der Waals surface area contributed by atoms with Gasteiger partial charge in [0.2, 0.25) is 5.91 Å². The minimum atomic E-state index is -0.560. The number of aromatic nitrogens is 2. The van der Waals surface area contributed by atoms with Crippen molar-refractivity contribution in [2.24, 2.45) is 5.41 Å². The summed E-state index contributed by atoms with van der Waals surface area (Å²) in [6.45, 7) is 6.72. The Balaban J connectivity index is 1.30. The van der Waals surface area contributed by atoms with E-state index in [0.717, 1.165) is 44.0 Å². The van der Waals surface area contributed by atoms with Gasteiger partial charge in [0.25, 0.3) is 0 Å². The molecule has 6 rings (SSSR count). The van der Waals surface area contributed by atoms with E-state index >= 15 is 4.39 Å². The number of hydrogen-bond donors (Lipinski definition) is 0. The molecule has 0 bridgehead atoms. The number of hydrogen-bond acceptors (Lipinski definition) is 5. The molecule has 0 unspecified atom stereocenters. The third kappa shape index (κ3) is 3.50. The zero-order valence-electron chi connectivity index (χ0n) is 18.7. The second-order valence-corrected chi connectivity index (χ2v) is 10.5. The molecule has 0 radical (unpaired) electrons. The number of nitrogens with zero attached hydrogens (tertiary/aromatic N) is 4. The normalized spacial score (nSPS) is 17.2. The standard InChI is InChI=1S/C26H21ClF2N4OS/c1-2-19(34)33-13-26(14-33)8-10-32(11-9-26)25-17-12-30-23(22(29)24(17)31-35-25)16-5-3-4-15-6-7-18(28)21(27)20(15)16/h2-7,12H,1,8-11,13-14H2. The molecule has 0 atom stereocenters. The summed E-state index contributed by atoms with van der Waals surface area (Å²) in [7, 11) is 0. The lowest BCUT2D eigenvalue weighted by Crippen LogP contribution is -2.61. The average molecular weight is 511 g/mol. The van der Waals surface area contributed by atoms with E-state index in [4.69, 9.17) is 11.6 Å². The van der Waals surface area contributed by atoms with Gasteiger partial charge in [-0.2, -0.15) is 4.37 Å². The summed E-state index contributed by atoms with van der Waals surface area (Å²) >= 11 is 7.52. The largest absolute Gasteiger partial charge is 0.362 e. The van der Waals surface area contributed by atoms with E-state index in [2.05, 4.69) is 20.8 Å². The Morgan fingerprint density at radius 2 is 1.94 bits per heavy atom. The van der Waals surface area contributed by atoms with E-state index in [1.165, 1.54) is 23.7 Å². The number of carbonyl (C=O) groups is 1. The number of rotatable bonds is 3. The first-order valence-corrected chi connectivity index (χ1v) is 12.5. The lowest BCUT2D eigenvalue weighted by atomic mass is 9.72. The summed E-state index contributed by atoms with van der Waals surface area (Å²) in [4.78, 5) is 20.3. The van der Waals surface area contributed by atoms with Crippen molar-refractivity contribution in [2.75, 3.05) is 31.1 Å². The van der Waals surface area contributed by atoms with E-state index in [0.29, 0.717) is 21.7 Å². The van der Waals surface area contributed by atoms with Gasteiger partial charge in [-0.1, -0.05) is 42.4 Å².